The largest absolute Gasteiger partial charge is 0.342 e. The zero-order chi connectivity index (χ0) is 12.3. The van der Waals surface area contributed by atoms with Crippen molar-refractivity contribution in [3.63, 3.8) is 0 Å². The van der Waals surface area contributed by atoms with Crippen molar-refractivity contribution in [2.45, 2.75) is 40.5 Å². The third kappa shape index (κ3) is 2.57. The van der Waals surface area contributed by atoms with E-state index >= 15 is 0 Å². The second-order valence-electron chi connectivity index (χ2n) is 5.74. The molecule has 1 aliphatic rings. The molecule has 1 fully saturated rings. The van der Waals surface area contributed by atoms with E-state index in [9.17, 15) is 4.79 Å². The molecule has 0 radical (unpaired) electrons. The highest BCUT2D eigenvalue weighted by Gasteiger charge is 2.48. The predicted octanol–water partition coefficient (Wildman–Crippen LogP) is 1.87. The van der Waals surface area contributed by atoms with Gasteiger partial charge in [0.1, 0.15) is 0 Å². The van der Waals surface area contributed by atoms with Crippen molar-refractivity contribution in [1.29, 1.82) is 0 Å². The number of hydrogen-bond donors (Lipinski definition) is 1. The number of carbonyl (C=O) groups excluding carboxylic acids is 1. The van der Waals surface area contributed by atoms with Crippen LogP contribution < -0.4 is 5.73 Å². The highest BCUT2D eigenvalue weighted by atomic mass is 16.2. The Morgan fingerprint density at radius 1 is 1.50 bits per heavy atom. The summed E-state index contributed by atoms with van der Waals surface area (Å²) in [6.07, 6.45) is 1.94. The average Bonchev–Trinajstić information content (AvgIpc) is 2.19. The summed E-state index contributed by atoms with van der Waals surface area (Å²) in [4.78, 5) is 14.4. The van der Waals surface area contributed by atoms with Crippen LogP contribution in [0.2, 0.25) is 0 Å². The monoisotopic (exact) mass is 226 g/mol. The Morgan fingerprint density at radius 2 is 2.06 bits per heavy atom. The molecule has 1 saturated carbocycles. The first-order chi connectivity index (χ1) is 7.45. The molecule has 0 heterocycles. The molecule has 0 aromatic heterocycles. The summed E-state index contributed by atoms with van der Waals surface area (Å²) in [6, 6.07) is 0. The van der Waals surface area contributed by atoms with Gasteiger partial charge in [-0.15, -0.1) is 0 Å². The summed E-state index contributed by atoms with van der Waals surface area (Å²) >= 11 is 0. The Hall–Kier alpha value is -0.570. The minimum absolute atomic E-state index is 0.232. The van der Waals surface area contributed by atoms with Gasteiger partial charge in [-0.25, -0.2) is 0 Å². The molecule has 16 heavy (non-hydrogen) atoms. The van der Waals surface area contributed by atoms with Gasteiger partial charge in [0.2, 0.25) is 5.91 Å². The first-order valence-electron chi connectivity index (χ1n) is 6.44. The maximum atomic E-state index is 12.4. The predicted molar refractivity (Wildman–Crippen MR) is 67.0 cm³/mol. The zero-order valence-corrected chi connectivity index (χ0v) is 11.1. The Labute approximate surface area is 99.4 Å². The van der Waals surface area contributed by atoms with Crippen molar-refractivity contribution < 1.29 is 4.79 Å². The van der Waals surface area contributed by atoms with E-state index in [-0.39, 0.29) is 11.3 Å². The van der Waals surface area contributed by atoms with E-state index in [2.05, 4.69) is 20.8 Å². The lowest BCUT2D eigenvalue weighted by Crippen LogP contribution is -2.55. The number of nitrogens with zero attached hydrogens (tertiary/aromatic N) is 1. The van der Waals surface area contributed by atoms with Gasteiger partial charge in [-0.05, 0) is 31.6 Å². The minimum Gasteiger partial charge on any atom is -0.342 e. The second-order valence-corrected chi connectivity index (χ2v) is 5.74. The van der Waals surface area contributed by atoms with Gasteiger partial charge in [0.25, 0.3) is 0 Å². The van der Waals surface area contributed by atoms with Crippen molar-refractivity contribution >= 4 is 5.91 Å². The van der Waals surface area contributed by atoms with E-state index < -0.39 is 0 Å². The fourth-order valence-electron chi connectivity index (χ4n) is 2.83. The van der Waals surface area contributed by atoms with Gasteiger partial charge in [-0.2, -0.15) is 0 Å². The molecule has 2 N–H and O–H groups in total. The Bertz CT molecular complexity index is 244. The van der Waals surface area contributed by atoms with Crippen molar-refractivity contribution in [2.75, 3.05) is 19.6 Å². The minimum atomic E-state index is -0.232. The fourth-order valence-corrected chi connectivity index (χ4v) is 2.83. The fraction of sp³-hybridized carbons (Fsp3) is 0.923. The van der Waals surface area contributed by atoms with Crippen LogP contribution in [0.5, 0.6) is 0 Å². The Morgan fingerprint density at radius 3 is 2.38 bits per heavy atom. The molecule has 0 aromatic carbocycles. The molecule has 0 bridgehead atoms. The number of rotatable bonds is 5. The van der Waals surface area contributed by atoms with Crippen molar-refractivity contribution in [3.05, 3.63) is 0 Å². The number of hydrogen-bond acceptors (Lipinski definition) is 2. The lowest BCUT2D eigenvalue weighted by Gasteiger charge is -2.47. The van der Waals surface area contributed by atoms with Crippen LogP contribution in [0.15, 0.2) is 0 Å². The molecule has 0 aromatic rings. The van der Waals surface area contributed by atoms with Crippen molar-refractivity contribution in [1.82, 2.24) is 4.90 Å². The summed E-state index contributed by atoms with van der Waals surface area (Å²) in [7, 11) is 0. The van der Waals surface area contributed by atoms with Crippen LogP contribution in [-0.2, 0) is 4.79 Å². The van der Waals surface area contributed by atoms with Gasteiger partial charge in [-0.1, -0.05) is 20.8 Å². The maximum Gasteiger partial charge on any atom is 0.230 e. The summed E-state index contributed by atoms with van der Waals surface area (Å²) < 4.78 is 0. The highest BCUT2D eigenvalue weighted by Crippen LogP contribution is 2.45. The van der Waals surface area contributed by atoms with Crippen molar-refractivity contribution in [2.24, 2.45) is 23.0 Å². The summed E-state index contributed by atoms with van der Waals surface area (Å²) in [5.41, 5.74) is 5.58. The van der Waals surface area contributed by atoms with Gasteiger partial charge >= 0.3 is 0 Å². The van der Waals surface area contributed by atoms with Gasteiger partial charge in [0.05, 0.1) is 5.41 Å². The van der Waals surface area contributed by atoms with Gasteiger partial charge in [0.15, 0.2) is 0 Å². The van der Waals surface area contributed by atoms with Gasteiger partial charge < -0.3 is 10.6 Å². The normalized spacial score (nSPS) is 29.0. The van der Waals surface area contributed by atoms with E-state index in [1.807, 2.05) is 11.8 Å². The molecule has 0 aliphatic heterocycles. The average molecular weight is 226 g/mol. The molecule has 3 heteroatoms. The van der Waals surface area contributed by atoms with E-state index in [1.165, 1.54) is 0 Å². The molecule has 94 valence electrons. The zero-order valence-electron chi connectivity index (χ0n) is 11.1. The molecule has 1 aliphatic carbocycles. The standard InChI is InChI=1S/C13H26N2O/c1-5-15(8-10(2)3)12(16)13(9-14)6-11(4)7-13/h10-11H,5-9,14H2,1-4H3. The first kappa shape index (κ1) is 13.5. The van der Waals surface area contributed by atoms with E-state index in [0.29, 0.717) is 18.4 Å². The maximum absolute atomic E-state index is 12.4. The third-order valence-electron chi connectivity index (χ3n) is 3.58. The van der Waals surface area contributed by atoms with Crippen molar-refractivity contribution in [3.8, 4) is 0 Å². The van der Waals surface area contributed by atoms with Gasteiger partial charge in [0, 0.05) is 19.6 Å². The third-order valence-corrected chi connectivity index (χ3v) is 3.58. The Balaban J connectivity index is 2.66. The molecular weight excluding hydrogens is 200 g/mol. The number of carbonyl (C=O) groups is 1. The summed E-state index contributed by atoms with van der Waals surface area (Å²) in [5, 5.41) is 0. The van der Waals surface area contributed by atoms with E-state index in [0.717, 1.165) is 25.9 Å². The van der Waals surface area contributed by atoms with E-state index in [4.69, 9.17) is 5.73 Å². The summed E-state index contributed by atoms with van der Waals surface area (Å²) in [5.74, 6) is 1.46. The number of amides is 1. The van der Waals surface area contributed by atoms with Crippen LogP contribution in [-0.4, -0.2) is 30.4 Å². The molecule has 0 spiro atoms. The second kappa shape index (κ2) is 5.17. The first-order valence-corrected chi connectivity index (χ1v) is 6.44. The number of nitrogens with two attached hydrogens (primary N) is 1. The summed E-state index contributed by atoms with van der Waals surface area (Å²) in [6.45, 7) is 10.7. The van der Waals surface area contributed by atoms with Gasteiger partial charge in [-0.3, -0.25) is 4.79 Å². The lowest BCUT2D eigenvalue weighted by molar-refractivity contribution is -0.150. The lowest BCUT2D eigenvalue weighted by atomic mass is 9.62. The van der Waals surface area contributed by atoms with Crippen LogP contribution in [0.1, 0.15) is 40.5 Å². The van der Waals surface area contributed by atoms with Crippen LogP contribution in [0.25, 0.3) is 0 Å². The van der Waals surface area contributed by atoms with Crippen LogP contribution in [0, 0.1) is 17.3 Å². The van der Waals surface area contributed by atoms with Crippen LogP contribution in [0.3, 0.4) is 0 Å². The molecule has 0 saturated heterocycles. The van der Waals surface area contributed by atoms with Crippen LogP contribution >= 0.6 is 0 Å². The molecule has 0 atom stereocenters. The molecular formula is C13H26N2O. The quantitative estimate of drug-likeness (QED) is 0.778. The SMILES string of the molecule is CCN(CC(C)C)C(=O)C1(CN)CC(C)C1. The highest BCUT2D eigenvalue weighted by molar-refractivity contribution is 5.84. The Kier molecular flexibility index (Phi) is 4.36. The molecule has 0 unspecified atom stereocenters. The van der Waals surface area contributed by atoms with E-state index in [1.54, 1.807) is 0 Å². The smallest absolute Gasteiger partial charge is 0.230 e. The molecule has 1 rings (SSSR count). The topological polar surface area (TPSA) is 46.3 Å². The van der Waals surface area contributed by atoms with Crippen LogP contribution in [0.4, 0.5) is 0 Å². The molecule has 3 nitrogen and oxygen atoms in total. The molecule has 1 amide bonds.